The monoisotopic (exact) mass is 256 g/mol. The highest BCUT2D eigenvalue weighted by Gasteiger charge is 2.12. The van der Waals surface area contributed by atoms with Crippen molar-refractivity contribution in [1.82, 2.24) is 20.0 Å². The summed E-state index contributed by atoms with van der Waals surface area (Å²) in [4.78, 5) is 7.52. The van der Waals surface area contributed by atoms with Crippen molar-refractivity contribution < 1.29 is 4.74 Å². The van der Waals surface area contributed by atoms with E-state index >= 15 is 0 Å². The van der Waals surface area contributed by atoms with Gasteiger partial charge in [0.2, 0.25) is 0 Å². The van der Waals surface area contributed by atoms with Crippen LogP contribution in [-0.2, 0) is 4.74 Å². The molecule has 106 valence electrons. The molecule has 0 aliphatic carbocycles. The Bertz CT molecular complexity index is 193. The summed E-state index contributed by atoms with van der Waals surface area (Å²) in [6.07, 6.45) is 0. The first-order chi connectivity index (χ1) is 8.84. The zero-order valence-corrected chi connectivity index (χ0v) is 11.7. The Morgan fingerprint density at radius 2 is 1.50 bits per heavy atom. The van der Waals surface area contributed by atoms with E-state index in [0.29, 0.717) is 0 Å². The first kappa shape index (κ1) is 14.2. The van der Waals surface area contributed by atoms with Crippen molar-refractivity contribution in [3.05, 3.63) is 0 Å². The van der Waals surface area contributed by atoms with Crippen LogP contribution in [0, 0.1) is 0 Å². The maximum absolute atomic E-state index is 5.37. The Morgan fingerprint density at radius 3 is 2.11 bits per heavy atom. The molecule has 5 nitrogen and oxygen atoms in total. The number of nitrogens with one attached hydrogen (secondary N) is 1. The summed E-state index contributed by atoms with van der Waals surface area (Å²) in [5.41, 5.74) is 0. The van der Waals surface area contributed by atoms with E-state index in [9.17, 15) is 0 Å². The molecule has 18 heavy (non-hydrogen) atoms. The molecule has 2 aliphatic heterocycles. The lowest BCUT2D eigenvalue weighted by Gasteiger charge is -2.31. The molecule has 0 aromatic rings. The van der Waals surface area contributed by atoms with Crippen molar-refractivity contribution in [1.29, 1.82) is 0 Å². The number of hydrogen-bond acceptors (Lipinski definition) is 5. The molecule has 0 amide bonds. The fourth-order valence-electron chi connectivity index (χ4n) is 2.50. The number of likely N-dealkylation sites (N-methyl/N-ethyl adjacent to an activating group) is 1. The molecule has 0 bridgehead atoms. The summed E-state index contributed by atoms with van der Waals surface area (Å²) in [7, 11) is 2.24. The Hall–Kier alpha value is -0.200. The molecule has 0 radical (unpaired) electrons. The molecule has 2 fully saturated rings. The van der Waals surface area contributed by atoms with Crippen molar-refractivity contribution in [2.24, 2.45) is 0 Å². The molecule has 2 heterocycles. The minimum absolute atomic E-state index is 0.907. The number of hydrogen-bond donors (Lipinski definition) is 1. The van der Waals surface area contributed by atoms with Gasteiger partial charge in [0.25, 0.3) is 0 Å². The highest BCUT2D eigenvalue weighted by Crippen LogP contribution is 1.97. The molecule has 0 aromatic heterocycles. The highest BCUT2D eigenvalue weighted by atomic mass is 16.5. The zero-order chi connectivity index (χ0) is 12.6. The van der Waals surface area contributed by atoms with Gasteiger partial charge in [-0.15, -0.1) is 0 Å². The van der Waals surface area contributed by atoms with E-state index in [0.717, 1.165) is 39.4 Å². The van der Waals surface area contributed by atoms with Crippen LogP contribution in [0.4, 0.5) is 0 Å². The van der Waals surface area contributed by atoms with Gasteiger partial charge < -0.3 is 15.0 Å². The third kappa shape index (κ3) is 5.20. The van der Waals surface area contributed by atoms with Gasteiger partial charge in [-0.25, -0.2) is 0 Å². The number of morpholine rings is 1. The highest BCUT2D eigenvalue weighted by molar-refractivity contribution is 4.69. The predicted octanol–water partition coefficient (Wildman–Crippen LogP) is -0.844. The Labute approximate surface area is 111 Å². The fourth-order valence-corrected chi connectivity index (χ4v) is 2.50. The molecule has 5 heteroatoms. The molecule has 0 aromatic carbocycles. The quantitative estimate of drug-likeness (QED) is 0.669. The van der Waals surface area contributed by atoms with Crippen molar-refractivity contribution in [3.8, 4) is 0 Å². The van der Waals surface area contributed by atoms with Gasteiger partial charge in [0.1, 0.15) is 0 Å². The van der Waals surface area contributed by atoms with E-state index in [1.54, 1.807) is 0 Å². The molecular formula is C13H28N4O. The topological polar surface area (TPSA) is 31.0 Å². The number of rotatable bonds is 6. The molecule has 0 spiro atoms. The van der Waals surface area contributed by atoms with Crippen LogP contribution >= 0.6 is 0 Å². The molecule has 2 saturated heterocycles. The van der Waals surface area contributed by atoms with E-state index in [1.165, 1.54) is 39.3 Å². The van der Waals surface area contributed by atoms with Crippen molar-refractivity contribution in [2.75, 3.05) is 85.7 Å². The summed E-state index contributed by atoms with van der Waals surface area (Å²) in [5, 5.41) is 3.40. The lowest BCUT2D eigenvalue weighted by atomic mass is 10.3. The SMILES string of the molecule is CN(CCN1CCNCC1)CCN1CCOCC1. The third-order valence-electron chi connectivity index (χ3n) is 3.91. The van der Waals surface area contributed by atoms with Gasteiger partial charge in [-0.3, -0.25) is 9.80 Å². The minimum Gasteiger partial charge on any atom is -0.379 e. The van der Waals surface area contributed by atoms with Crippen LogP contribution in [-0.4, -0.2) is 100 Å². The lowest BCUT2D eigenvalue weighted by molar-refractivity contribution is 0.0341. The average molecular weight is 256 g/mol. The molecular weight excluding hydrogens is 228 g/mol. The lowest BCUT2D eigenvalue weighted by Crippen LogP contribution is -2.46. The number of nitrogens with zero attached hydrogens (tertiary/aromatic N) is 3. The average Bonchev–Trinajstić information content (AvgIpc) is 2.45. The van der Waals surface area contributed by atoms with Crippen LogP contribution in [0.3, 0.4) is 0 Å². The van der Waals surface area contributed by atoms with Gasteiger partial charge in [0.15, 0.2) is 0 Å². The minimum atomic E-state index is 0.907. The summed E-state index contributed by atoms with van der Waals surface area (Å²) in [5.74, 6) is 0. The van der Waals surface area contributed by atoms with E-state index in [2.05, 4.69) is 27.1 Å². The first-order valence-electron chi connectivity index (χ1n) is 7.26. The predicted molar refractivity (Wildman–Crippen MR) is 74.1 cm³/mol. The van der Waals surface area contributed by atoms with Crippen molar-refractivity contribution >= 4 is 0 Å². The zero-order valence-electron chi connectivity index (χ0n) is 11.7. The Morgan fingerprint density at radius 1 is 0.944 bits per heavy atom. The van der Waals surface area contributed by atoms with Crippen LogP contribution in [0.1, 0.15) is 0 Å². The van der Waals surface area contributed by atoms with Gasteiger partial charge in [-0.2, -0.15) is 0 Å². The molecule has 0 unspecified atom stereocenters. The second-order valence-corrected chi connectivity index (χ2v) is 5.35. The maximum Gasteiger partial charge on any atom is 0.0594 e. The smallest absolute Gasteiger partial charge is 0.0594 e. The van der Waals surface area contributed by atoms with Crippen LogP contribution in [0.2, 0.25) is 0 Å². The second-order valence-electron chi connectivity index (χ2n) is 5.35. The standard InChI is InChI=1S/C13H28N4O/c1-15(6-8-16-4-2-14-3-5-16)7-9-17-10-12-18-13-11-17/h14H,2-13H2,1H3. The van der Waals surface area contributed by atoms with Crippen LogP contribution < -0.4 is 5.32 Å². The van der Waals surface area contributed by atoms with Gasteiger partial charge in [-0.1, -0.05) is 0 Å². The van der Waals surface area contributed by atoms with E-state index in [-0.39, 0.29) is 0 Å². The number of ether oxygens (including phenoxy) is 1. The largest absolute Gasteiger partial charge is 0.379 e. The molecule has 1 N–H and O–H groups in total. The van der Waals surface area contributed by atoms with E-state index in [4.69, 9.17) is 4.74 Å². The molecule has 2 rings (SSSR count). The van der Waals surface area contributed by atoms with Gasteiger partial charge in [0, 0.05) is 65.4 Å². The van der Waals surface area contributed by atoms with Gasteiger partial charge in [-0.05, 0) is 7.05 Å². The number of piperazine rings is 1. The van der Waals surface area contributed by atoms with Crippen LogP contribution in [0.5, 0.6) is 0 Å². The molecule has 2 aliphatic rings. The fraction of sp³-hybridized carbons (Fsp3) is 1.00. The maximum atomic E-state index is 5.37. The Balaban J connectivity index is 1.52. The summed E-state index contributed by atoms with van der Waals surface area (Å²) in [6, 6.07) is 0. The molecule has 0 atom stereocenters. The van der Waals surface area contributed by atoms with E-state index in [1.807, 2.05) is 0 Å². The van der Waals surface area contributed by atoms with Gasteiger partial charge >= 0.3 is 0 Å². The van der Waals surface area contributed by atoms with Crippen molar-refractivity contribution in [3.63, 3.8) is 0 Å². The van der Waals surface area contributed by atoms with Crippen molar-refractivity contribution in [2.45, 2.75) is 0 Å². The van der Waals surface area contributed by atoms with Gasteiger partial charge in [0.05, 0.1) is 13.2 Å². The first-order valence-corrected chi connectivity index (χ1v) is 7.26. The van der Waals surface area contributed by atoms with Crippen LogP contribution in [0.25, 0.3) is 0 Å². The normalized spacial score (nSPS) is 23.7. The van der Waals surface area contributed by atoms with Crippen LogP contribution in [0.15, 0.2) is 0 Å². The summed E-state index contributed by atoms with van der Waals surface area (Å²) in [6.45, 7) is 13.5. The third-order valence-corrected chi connectivity index (χ3v) is 3.91. The second kappa shape index (κ2) is 8.07. The summed E-state index contributed by atoms with van der Waals surface area (Å²) < 4.78 is 5.37. The Kier molecular flexibility index (Phi) is 6.37. The van der Waals surface area contributed by atoms with E-state index < -0.39 is 0 Å². The molecule has 0 saturated carbocycles. The summed E-state index contributed by atoms with van der Waals surface area (Å²) >= 11 is 0.